The zero-order valence-electron chi connectivity index (χ0n) is 10.5. The van der Waals surface area contributed by atoms with Crippen LogP contribution in [0.3, 0.4) is 0 Å². The number of halogens is 1. The van der Waals surface area contributed by atoms with Crippen LogP contribution in [0.4, 0.5) is 4.39 Å². The normalized spacial score (nSPS) is 10.3. The second-order valence-electron chi connectivity index (χ2n) is 3.87. The molecule has 1 aromatic heterocycles. The number of aryl methyl sites for hydroxylation is 1. The summed E-state index contributed by atoms with van der Waals surface area (Å²) in [7, 11) is 0. The van der Waals surface area contributed by atoms with Gasteiger partial charge in [-0.2, -0.15) is 0 Å². The number of rotatable bonds is 4. The van der Waals surface area contributed by atoms with Crippen LogP contribution >= 0.6 is 0 Å². The van der Waals surface area contributed by atoms with E-state index in [2.05, 4.69) is 4.98 Å². The van der Waals surface area contributed by atoms with Crippen molar-refractivity contribution in [3.8, 4) is 11.6 Å². The third kappa shape index (κ3) is 2.66. The number of hydrogen-bond donors (Lipinski definition) is 1. The molecule has 0 aliphatic rings. The molecule has 0 spiro atoms. The van der Waals surface area contributed by atoms with Crippen molar-refractivity contribution in [1.82, 2.24) is 9.55 Å². The minimum atomic E-state index is -1.29. The summed E-state index contributed by atoms with van der Waals surface area (Å²) >= 11 is 0. The summed E-state index contributed by atoms with van der Waals surface area (Å²) in [5.41, 5.74) is -0.768. The molecule has 20 heavy (non-hydrogen) atoms. The van der Waals surface area contributed by atoms with E-state index in [1.807, 2.05) is 0 Å². The lowest BCUT2D eigenvalue weighted by Gasteiger charge is -2.08. The lowest BCUT2D eigenvalue weighted by Crippen LogP contribution is -2.21. The summed E-state index contributed by atoms with van der Waals surface area (Å²) in [5.74, 6) is -2.53. The fourth-order valence-electron chi connectivity index (χ4n) is 1.61. The van der Waals surface area contributed by atoms with E-state index in [1.54, 1.807) is 6.92 Å². The molecule has 1 aromatic carbocycles. The van der Waals surface area contributed by atoms with E-state index < -0.39 is 17.3 Å². The van der Waals surface area contributed by atoms with E-state index in [0.717, 1.165) is 18.2 Å². The van der Waals surface area contributed by atoms with Crippen LogP contribution in [0, 0.1) is 5.82 Å². The zero-order chi connectivity index (χ0) is 14.7. The molecule has 2 aromatic rings. The number of ether oxygens (including phenoxy) is 1. The standard InChI is InChI=1S/C13H11FN2O4/c1-2-16-6-5-15-11(12(16)17)20-10-7-8(14)3-4-9(10)13(18)19/h3-7H,2H2,1H3,(H,18,19). The van der Waals surface area contributed by atoms with Crippen molar-refractivity contribution >= 4 is 5.97 Å². The summed E-state index contributed by atoms with van der Waals surface area (Å²) < 4.78 is 19.7. The smallest absolute Gasteiger partial charge is 0.339 e. The lowest BCUT2D eigenvalue weighted by molar-refractivity contribution is 0.0694. The highest BCUT2D eigenvalue weighted by Gasteiger charge is 2.15. The average molecular weight is 278 g/mol. The Morgan fingerprint density at radius 3 is 2.90 bits per heavy atom. The van der Waals surface area contributed by atoms with E-state index in [0.29, 0.717) is 6.54 Å². The molecule has 0 saturated carbocycles. The number of carboxylic acids is 1. The van der Waals surface area contributed by atoms with Crippen molar-refractivity contribution in [2.45, 2.75) is 13.5 Å². The van der Waals surface area contributed by atoms with Crippen molar-refractivity contribution < 1.29 is 19.0 Å². The van der Waals surface area contributed by atoms with E-state index in [9.17, 15) is 14.0 Å². The second-order valence-corrected chi connectivity index (χ2v) is 3.87. The molecule has 0 atom stereocenters. The summed E-state index contributed by atoms with van der Waals surface area (Å²) in [6, 6.07) is 2.96. The zero-order valence-corrected chi connectivity index (χ0v) is 10.5. The molecule has 2 rings (SSSR count). The minimum absolute atomic E-state index is 0.250. The molecule has 0 aliphatic heterocycles. The van der Waals surface area contributed by atoms with Gasteiger partial charge in [-0.25, -0.2) is 14.2 Å². The van der Waals surface area contributed by atoms with Gasteiger partial charge in [-0.3, -0.25) is 4.79 Å². The first-order valence-corrected chi connectivity index (χ1v) is 5.79. The number of carbonyl (C=O) groups is 1. The monoisotopic (exact) mass is 278 g/mol. The van der Waals surface area contributed by atoms with Crippen LogP contribution in [0.15, 0.2) is 35.4 Å². The fraction of sp³-hybridized carbons (Fsp3) is 0.154. The Hall–Kier alpha value is -2.70. The fourth-order valence-corrected chi connectivity index (χ4v) is 1.61. The van der Waals surface area contributed by atoms with Crippen molar-refractivity contribution in [2.24, 2.45) is 0 Å². The first kappa shape index (κ1) is 13.7. The van der Waals surface area contributed by atoms with Gasteiger partial charge in [-0.1, -0.05) is 0 Å². The Morgan fingerprint density at radius 2 is 2.25 bits per heavy atom. The van der Waals surface area contributed by atoms with Crippen LogP contribution < -0.4 is 10.3 Å². The Morgan fingerprint density at radius 1 is 1.50 bits per heavy atom. The minimum Gasteiger partial charge on any atom is -0.478 e. The van der Waals surface area contributed by atoms with Gasteiger partial charge < -0.3 is 14.4 Å². The van der Waals surface area contributed by atoms with Gasteiger partial charge in [0.15, 0.2) is 0 Å². The molecule has 1 heterocycles. The molecule has 0 aliphatic carbocycles. The van der Waals surface area contributed by atoms with E-state index in [4.69, 9.17) is 9.84 Å². The molecule has 0 unspecified atom stereocenters. The van der Waals surface area contributed by atoms with Gasteiger partial charge >= 0.3 is 11.5 Å². The second kappa shape index (κ2) is 5.52. The maximum Gasteiger partial charge on any atom is 0.339 e. The maximum atomic E-state index is 13.2. The van der Waals surface area contributed by atoms with Gasteiger partial charge in [0.25, 0.3) is 5.88 Å². The summed E-state index contributed by atoms with van der Waals surface area (Å²) in [4.78, 5) is 26.7. The molecule has 0 fully saturated rings. The number of hydrogen-bond acceptors (Lipinski definition) is 4. The molecule has 1 N–H and O–H groups in total. The van der Waals surface area contributed by atoms with Crippen LogP contribution in [-0.2, 0) is 6.54 Å². The molecular weight excluding hydrogens is 267 g/mol. The number of aromatic nitrogens is 2. The molecule has 0 radical (unpaired) electrons. The summed E-state index contributed by atoms with van der Waals surface area (Å²) in [5, 5.41) is 9.00. The summed E-state index contributed by atoms with van der Waals surface area (Å²) in [6.45, 7) is 2.17. The Balaban J connectivity index is 2.47. The van der Waals surface area contributed by atoms with Crippen molar-refractivity contribution in [1.29, 1.82) is 0 Å². The van der Waals surface area contributed by atoms with Crippen molar-refractivity contribution in [2.75, 3.05) is 0 Å². The molecule has 0 saturated heterocycles. The van der Waals surface area contributed by atoms with Gasteiger partial charge in [0.1, 0.15) is 17.1 Å². The molecule has 6 nitrogen and oxygen atoms in total. The average Bonchev–Trinajstić information content (AvgIpc) is 2.41. The van der Waals surface area contributed by atoms with Gasteiger partial charge in [0.2, 0.25) is 0 Å². The Labute approximate surface area is 113 Å². The molecular formula is C13H11FN2O4. The SMILES string of the molecule is CCn1ccnc(Oc2cc(F)ccc2C(=O)O)c1=O. The lowest BCUT2D eigenvalue weighted by atomic mass is 10.2. The third-order valence-corrected chi connectivity index (χ3v) is 2.60. The first-order chi connectivity index (χ1) is 9.52. The highest BCUT2D eigenvalue weighted by Crippen LogP contribution is 2.23. The van der Waals surface area contributed by atoms with Crippen LogP contribution in [-0.4, -0.2) is 20.6 Å². The van der Waals surface area contributed by atoms with Crippen molar-refractivity contribution in [3.63, 3.8) is 0 Å². The van der Waals surface area contributed by atoms with Crippen molar-refractivity contribution in [3.05, 3.63) is 52.3 Å². The quantitative estimate of drug-likeness (QED) is 0.923. The Kier molecular flexibility index (Phi) is 3.79. The maximum absolute atomic E-state index is 13.2. The molecule has 0 amide bonds. The van der Waals surface area contributed by atoms with E-state index >= 15 is 0 Å². The molecule has 0 bridgehead atoms. The Bertz CT molecular complexity index is 712. The van der Waals surface area contributed by atoms with Crippen LogP contribution in [0.25, 0.3) is 0 Å². The number of aromatic carboxylic acids is 1. The van der Waals surface area contributed by atoms with Gasteiger partial charge in [0.05, 0.1) is 0 Å². The number of carboxylic acid groups (broad SMARTS) is 1. The first-order valence-electron chi connectivity index (χ1n) is 5.79. The summed E-state index contributed by atoms with van der Waals surface area (Å²) in [6.07, 6.45) is 2.82. The van der Waals surface area contributed by atoms with Gasteiger partial charge in [-0.15, -0.1) is 0 Å². The van der Waals surface area contributed by atoms with Crippen LogP contribution in [0.5, 0.6) is 11.6 Å². The van der Waals surface area contributed by atoms with Crippen LogP contribution in [0.1, 0.15) is 17.3 Å². The topological polar surface area (TPSA) is 81.4 Å². The van der Waals surface area contributed by atoms with Gasteiger partial charge in [-0.05, 0) is 19.1 Å². The molecule has 7 heteroatoms. The van der Waals surface area contributed by atoms with Gasteiger partial charge in [0, 0.05) is 25.0 Å². The molecule has 104 valence electrons. The van der Waals surface area contributed by atoms with Crippen LogP contribution in [0.2, 0.25) is 0 Å². The largest absolute Gasteiger partial charge is 0.478 e. The van der Waals surface area contributed by atoms with E-state index in [-0.39, 0.29) is 17.2 Å². The predicted octanol–water partition coefficient (Wildman–Crippen LogP) is 1.89. The highest BCUT2D eigenvalue weighted by molar-refractivity contribution is 5.90. The number of benzene rings is 1. The third-order valence-electron chi connectivity index (χ3n) is 2.60. The predicted molar refractivity (Wildman–Crippen MR) is 67.6 cm³/mol. The van der Waals surface area contributed by atoms with E-state index in [1.165, 1.54) is 17.0 Å². The number of nitrogens with zero attached hydrogens (tertiary/aromatic N) is 2. The highest BCUT2D eigenvalue weighted by atomic mass is 19.1.